The Labute approximate surface area is 130 Å². The fraction of sp³-hybridized carbons (Fsp3) is 0.333. The van der Waals surface area contributed by atoms with Crippen molar-refractivity contribution in [3.63, 3.8) is 0 Å². The maximum Gasteiger partial charge on any atom is 0.271 e. The first-order chi connectivity index (χ1) is 9.92. The van der Waals surface area contributed by atoms with Crippen molar-refractivity contribution in [3.8, 4) is 0 Å². The lowest BCUT2D eigenvalue weighted by atomic mass is 10.1. The van der Waals surface area contributed by atoms with Crippen LogP contribution in [-0.4, -0.2) is 22.0 Å². The van der Waals surface area contributed by atoms with Crippen molar-refractivity contribution < 1.29 is 8.42 Å². The minimum absolute atomic E-state index is 0.354. The number of benzene rings is 1. The normalized spacial score (nSPS) is 11.6. The molecule has 0 aliphatic carbocycles. The van der Waals surface area contributed by atoms with E-state index in [1.807, 2.05) is 39.1 Å². The minimum Gasteiger partial charge on any atom is -0.319 e. The monoisotopic (exact) mass is 324 g/mol. The predicted octanol–water partition coefficient (Wildman–Crippen LogP) is 2.93. The van der Waals surface area contributed by atoms with Gasteiger partial charge in [0.1, 0.15) is 4.21 Å². The zero-order valence-electron chi connectivity index (χ0n) is 12.4. The summed E-state index contributed by atoms with van der Waals surface area (Å²) in [5.74, 6) is 0. The summed E-state index contributed by atoms with van der Waals surface area (Å²) in [6.07, 6.45) is 0.834. The highest BCUT2D eigenvalue weighted by Gasteiger charge is 2.17. The van der Waals surface area contributed by atoms with Gasteiger partial charge in [0.25, 0.3) is 10.0 Å². The highest BCUT2D eigenvalue weighted by Crippen LogP contribution is 2.25. The summed E-state index contributed by atoms with van der Waals surface area (Å²) in [6.45, 7) is 4.81. The Morgan fingerprint density at radius 1 is 1.10 bits per heavy atom. The average Bonchev–Trinajstić information content (AvgIpc) is 2.90. The van der Waals surface area contributed by atoms with Gasteiger partial charge < -0.3 is 5.32 Å². The highest BCUT2D eigenvalue weighted by molar-refractivity contribution is 7.94. The predicted molar refractivity (Wildman–Crippen MR) is 88.7 cm³/mol. The first-order valence-corrected chi connectivity index (χ1v) is 9.06. The third kappa shape index (κ3) is 4.06. The van der Waals surface area contributed by atoms with Crippen LogP contribution in [0.1, 0.15) is 16.0 Å². The van der Waals surface area contributed by atoms with E-state index in [4.69, 9.17) is 0 Å². The molecule has 0 saturated heterocycles. The average molecular weight is 324 g/mol. The maximum atomic E-state index is 12.4. The van der Waals surface area contributed by atoms with Crippen LogP contribution in [0.3, 0.4) is 0 Å². The molecule has 0 amide bonds. The van der Waals surface area contributed by atoms with Crippen LogP contribution in [0, 0.1) is 13.8 Å². The second-order valence-corrected chi connectivity index (χ2v) is 8.06. The number of rotatable bonds is 6. The molecule has 0 spiro atoms. The quantitative estimate of drug-likeness (QED) is 0.859. The fourth-order valence-electron chi connectivity index (χ4n) is 1.90. The van der Waals surface area contributed by atoms with E-state index in [0.717, 1.165) is 29.0 Å². The molecular formula is C15H20N2O2S2. The lowest BCUT2D eigenvalue weighted by Gasteiger charge is -2.08. The summed E-state index contributed by atoms with van der Waals surface area (Å²) >= 11 is 1.32. The van der Waals surface area contributed by atoms with E-state index in [1.165, 1.54) is 11.3 Å². The van der Waals surface area contributed by atoms with Gasteiger partial charge in [0.05, 0.1) is 0 Å². The van der Waals surface area contributed by atoms with Crippen LogP contribution in [-0.2, 0) is 16.4 Å². The molecule has 0 aliphatic heterocycles. The summed E-state index contributed by atoms with van der Waals surface area (Å²) in [4.78, 5) is 1.06. The minimum atomic E-state index is -3.50. The third-order valence-corrected chi connectivity index (χ3v) is 6.30. The molecule has 0 atom stereocenters. The lowest BCUT2D eigenvalue weighted by molar-refractivity contribution is 0.603. The van der Waals surface area contributed by atoms with Gasteiger partial charge >= 0.3 is 0 Å². The van der Waals surface area contributed by atoms with E-state index in [-0.39, 0.29) is 0 Å². The van der Waals surface area contributed by atoms with Crippen LogP contribution in [0.2, 0.25) is 0 Å². The van der Waals surface area contributed by atoms with Gasteiger partial charge in [0, 0.05) is 10.6 Å². The summed E-state index contributed by atoms with van der Waals surface area (Å²) in [5, 5.41) is 3.06. The third-order valence-electron chi connectivity index (χ3n) is 3.28. The standard InChI is InChI=1S/C15H20N2O2S2/c1-11-4-5-13(10-12(11)2)17-21(18,19)15-7-6-14(20-15)8-9-16-3/h4-7,10,16-17H,8-9H2,1-3H3. The van der Waals surface area contributed by atoms with Crippen molar-refractivity contribution in [1.82, 2.24) is 5.32 Å². The molecule has 0 aliphatic rings. The van der Waals surface area contributed by atoms with Gasteiger partial charge in [-0.15, -0.1) is 11.3 Å². The molecule has 6 heteroatoms. The molecule has 21 heavy (non-hydrogen) atoms. The number of nitrogens with one attached hydrogen (secondary N) is 2. The first-order valence-electron chi connectivity index (χ1n) is 6.76. The van der Waals surface area contributed by atoms with Crippen molar-refractivity contribution in [2.75, 3.05) is 18.3 Å². The van der Waals surface area contributed by atoms with Crippen LogP contribution in [0.25, 0.3) is 0 Å². The molecule has 4 nitrogen and oxygen atoms in total. The van der Waals surface area contributed by atoms with E-state index >= 15 is 0 Å². The van der Waals surface area contributed by atoms with Crippen molar-refractivity contribution >= 4 is 27.0 Å². The van der Waals surface area contributed by atoms with E-state index in [2.05, 4.69) is 10.0 Å². The molecule has 114 valence electrons. The van der Waals surface area contributed by atoms with Gasteiger partial charge in [-0.25, -0.2) is 8.42 Å². The van der Waals surface area contributed by atoms with E-state index in [1.54, 1.807) is 12.1 Å². The smallest absolute Gasteiger partial charge is 0.271 e. The topological polar surface area (TPSA) is 58.2 Å². The summed E-state index contributed by atoms with van der Waals surface area (Å²) in [6, 6.07) is 9.09. The van der Waals surface area contributed by atoms with Gasteiger partial charge in [-0.1, -0.05) is 6.07 Å². The van der Waals surface area contributed by atoms with E-state index in [0.29, 0.717) is 9.90 Å². The Morgan fingerprint density at radius 2 is 1.86 bits per heavy atom. The Bertz CT molecular complexity index is 721. The molecule has 1 aromatic carbocycles. The van der Waals surface area contributed by atoms with Gasteiger partial charge in [0.15, 0.2) is 0 Å². The number of sulfonamides is 1. The molecule has 2 rings (SSSR count). The summed E-state index contributed by atoms with van der Waals surface area (Å²) < 4.78 is 27.7. The zero-order valence-corrected chi connectivity index (χ0v) is 14.1. The molecule has 0 bridgehead atoms. The largest absolute Gasteiger partial charge is 0.319 e. The van der Waals surface area contributed by atoms with Crippen molar-refractivity contribution in [1.29, 1.82) is 0 Å². The van der Waals surface area contributed by atoms with Gasteiger partial charge in [-0.2, -0.15) is 0 Å². The SMILES string of the molecule is CNCCc1ccc(S(=O)(=O)Nc2ccc(C)c(C)c2)s1. The molecule has 0 radical (unpaired) electrons. The van der Waals surface area contributed by atoms with Crippen molar-refractivity contribution in [2.24, 2.45) is 0 Å². The Kier molecular flexibility index (Phi) is 5.03. The first kappa shape index (κ1) is 16.0. The van der Waals surface area contributed by atoms with Gasteiger partial charge in [0.2, 0.25) is 0 Å². The maximum absolute atomic E-state index is 12.4. The van der Waals surface area contributed by atoms with Crippen LogP contribution in [0.4, 0.5) is 5.69 Å². The fourth-order valence-corrected chi connectivity index (χ4v) is 4.30. The van der Waals surface area contributed by atoms with Crippen LogP contribution in [0.5, 0.6) is 0 Å². The number of hydrogen-bond acceptors (Lipinski definition) is 4. The van der Waals surface area contributed by atoms with Crippen LogP contribution >= 0.6 is 11.3 Å². The van der Waals surface area contributed by atoms with Gasteiger partial charge in [-0.05, 0) is 69.3 Å². The molecule has 2 N–H and O–H groups in total. The second kappa shape index (κ2) is 6.60. The Balaban J connectivity index is 2.17. The van der Waals surface area contributed by atoms with E-state index < -0.39 is 10.0 Å². The number of likely N-dealkylation sites (N-methyl/N-ethyl adjacent to an activating group) is 1. The second-order valence-electron chi connectivity index (χ2n) is 4.98. The van der Waals surface area contributed by atoms with Crippen LogP contribution < -0.4 is 10.0 Å². The lowest BCUT2D eigenvalue weighted by Crippen LogP contribution is -2.11. The molecule has 1 heterocycles. The van der Waals surface area contributed by atoms with E-state index in [9.17, 15) is 8.42 Å². The molecule has 0 saturated carbocycles. The number of aryl methyl sites for hydroxylation is 2. The molecule has 0 unspecified atom stereocenters. The number of anilines is 1. The zero-order chi connectivity index (χ0) is 15.5. The van der Waals surface area contributed by atoms with Crippen LogP contribution in [0.15, 0.2) is 34.5 Å². The highest BCUT2D eigenvalue weighted by atomic mass is 32.2. The molecule has 2 aromatic rings. The Morgan fingerprint density at radius 3 is 2.52 bits per heavy atom. The molecule has 0 fully saturated rings. The molecular weight excluding hydrogens is 304 g/mol. The summed E-state index contributed by atoms with van der Waals surface area (Å²) in [7, 11) is -1.62. The summed E-state index contributed by atoms with van der Waals surface area (Å²) in [5.41, 5.74) is 2.81. The Hall–Kier alpha value is -1.37. The van der Waals surface area contributed by atoms with Crippen molar-refractivity contribution in [2.45, 2.75) is 24.5 Å². The molecule has 1 aromatic heterocycles. The van der Waals surface area contributed by atoms with Crippen molar-refractivity contribution in [3.05, 3.63) is 46.3 Å². The number of thiophene rings is 1. The number of hydrogen-bond donors (Lipinski definition) is 2. The van der Waals surface area contributed by atoms with Gasteiger partial charge in [-0.3, -0.25) is 4.72 Å².